The first-order valence-electron chi connectivity index (χ1n) is 8.82. The highest BCUT2D eigenvalue weighted by Crippen LogP contribution is 2.23. The van der Waals surface area contributed by atoms with Crippen LogP contribution >= 0.6 is 0 Å². The first-order valence-corrected chi connectivity index (χ1v) is 8.82. The number of nitro groups is 1. The van der Waals surface area contributed by atoms with Gasteiger partial charge in [0, 0.05) is 34.9 Å². The van der Waals surface area contributed by atoms with E-state index in [1.165, 1.54) is 30.3 Å². The molecule has 2 aromatic carbocycles. The van der Waals surface area contributed by atoms with Gasteiger partial charge in [0.25, 0.3) is 11.6 Å². The normalized spacial score (nSPS) is 11.0. The summed E-state index contributed by atoms with van der Waals surface area (Å²) in [6, 6.07) is 19.2. The number of nitriles is 1. The summed E-state index contributed by atoms with van der Waals surface area (Å²) >= 11 is 0. The SMILES string of the molecule is Cc1cc(/C=C(\C#N)C(=O)Nc2cccc([N+](=O)[O-])c2)c(C)n1-c1ccccc1. The van der Waals surface area contributed by atoms with Crippen LogP contribution in [0.2, 0.25) is 0 Å². The van der Waals surface area contributed by atoms with Crippen LogP contribution in [0.15, 0.2) is 66.2 Å². The van der Waals surface area contributed by atoms with E-state index in [2.05, 4.69) is 5.32 Å². The van der Waals surface area contributed by atoms with Crippen molar-refractivity contribution in [2.24, 2.45) is 0 Å². The zero-order valence-corrected chi connectivity index (χ0v) is 15.9. The molecule has 0 aliphatic heterocycles. The molecule has 7 nitrogen and oxygen atoms in total. The number of carbonyl (C=O) groups is 1. The van der Waals surface area contributed by atoms with Crippen LogP contribution in [0, 0.1) is 35.3 Å². The Balaban J connectivity index is 1.91. The molecule has 0 saturated carbocycles. The van der Waals surface area contributed by atoms with Crippen molar-refractivity contribution in [2.75, 3.05) is 5.32 Å². The number of carbonyl (C=O) groups excluding carboxylic acids is 1. The van der Waals surface area contributed by atoms with Crippen molar-refractivity contribution in [3.8, 4) is 11.8 Å². The van der Waals surface area contributed by atoms with Crippen molar-refractivity contribution in [3.63, 3.8) is 0 Å². The molecule has 7 heteroatoms. The molecular formula is C22H18N4O3. The standard InChI is InChI=1S/C22H18N4O3/c1-15-11-17(16(2)25(15)20-8-4-3-5-9-20)12-18(14-23)22(27)24-19-7-6-10-21(13-19)26(28)29/h3-13H,1-2H3,(H,24,27)/b18-12+. The summed E-state index contributed by atoms with van der Waals surface area (Å²) in [6.45, 7) is 3.87. The van der Waals surface area contributed by atoms with Crippen LogP contribution in [0.5, 0.6) is 0 Å². The molecule has 0 spiro atoms. The number of nitrogens with one attached hydrogen (secondary N) is 1. The van der Waals surface area contributed by atoms with Gasteiger partial charge in [-0.15, -0.1) is 0 Å². The Kier molecular flexibility index (Phi) is 5.56. The summed E-state index contributed by atoms with van der Waals surface area (Å²) in [5.41, 5.74) is 3.61. The van der Waals surface area contributed by atoms with Crippen LogP contribution in [0.25, 0.3) is 11.8 Å². The van der Waals surface area contributed by atoms with Gasteiger partial charge in [0.2, 0.25) is 0 Å². The van der Waals surface area contributed by atoms with Crippen molar-refractivity contribution in [1.29, 1.82) is 5.26 Å². The number of nitro benzene ring substituents is 1. The molecule has 0 radical (unpaired) electrons. The number of amides is 1. The van der Waals surface area contributed by atoms with Gasteiger partial charge in [0.05, 0.1) is 4.92 Å². The molecule has 0 atom stereocenters. The van der Waals surface area contributed by atoms with Crippen molar-refractivity contribution in [1.82, 2.24) is 4.57 Å². The molecule has 0 aliphatic carbocycles. The Labute approximate surface area is 167 Å². The Morgan fingerprint density at radius 3 is 2.52 bits per heavy atom. The Morgan fingerprint density at radius 1 is 1.14 bits per heavy atom. The van der Waals surface area contributed by atoms with E-state index in [0.29, 0.717) is 0 Å². The first-order chi connectivity index (χ1) is 13.9. The Bertz CT molecular complexity index is 1150. The number of aryl methyl sites for hydroxylation is 1. The van der Waals surface area contributed by atoms with E-state index >= 15 is 0 Å². The fourth-order valence-electron chi connectivity index (χ4n) is 3.11. The first kappa shape index (κ1) is 19.6. The third kappa shape index (κ3) is 4.22. The minimum Gasteiger partial charge on any atom is -0.321 e. The lowest BCUT2D eigenvalue weighted by Crippen LogP contribution is -2.13. The van der Waals surface area contributed by atoms with Crippen molar-refractivity contribution in [2.45, 2.75) is 13.8 Å². The minimum atomic E-state index is -0.627. The van der Waals surface area contributed by atoms with Gasteiger partial charge >= 0.3 is 0 Å². The van der Waals surface area contributed by atoms with Gasteiger partial charge in [-0.1, -0.05) is 24.3 Å². The molecule has 144 valence electrons. The van der Waals surface area contributed by atoms with E-state index in [-0.39, 0.29) is 16.9 Å². The summed E-state index contributed by atoms with van der Waals surface area (Å²) in [7, 11) is 0. The van der Waals surface area contributed by atoms with Crippen molar-refractivity contribution in [3.05, 3.63) is 93.3 Å². The fourth-order valence-corrected chi connectivity index (χ4v) is 3.11. The topological polar surface area (TPSA) is 101 Å². The molecule has 0 bridgehead atoms. The smallest absolute Gasteiger partial charge is 0.271 e. The number of hydrogen-bond acceptors (Lipinski definition) is 4. The maximum atomic E-state index is 12.5. The second-order valence-corrected chi connectivity index (χ2v) is 6.43. The van der Waals surface area contributed by atoms with E-state index in [1.807, 2.05) is 60.9 Å². The van der Waals surface area contributed by atoms with E-state index in [1.54, 1.807) is 0 Å². The van der Waals surface area contributed by atoms with Crippen LogP contribution < -0.4 is 5.32 Å². The van der Waals surface area contributed by atoms with Gasteiger partial charge in [0.15, 0.2) is 0 Å². The summed E-state index contributed by atoms with van der Waals surface area (Å²) in [5.74, 6) is -0.627. The number of para-hydroxylation sites is 1. The number of nitrogens with zero attached hydrogens (tertiary/aromatic N) is 3. The molecule has 0 aliphatic rings. The quantitative estimate of drug-likeness (QED) is 0.301. The number of non-ortho nitro benzene ring substituents is 1. The lowest BCUT2D eigenvalue weighted by Gasteiger charge is -2.09. The third-order valence-electron chi connectivity index (χ3n) is 4.46. The number of hydrogen-bond donors (Lipinski definition) is 1. The van der Waals surface area contributed by atoms with E-state index in [9.17, 15) is 20.2 Å². The largest absolute Gasteiger partial charge is 0.321 e. The summed E-state index contributed by atoms with van der Waals surface area (Å²) in [5, 5.41) is 22.9. The van der Waals surface area contributed by atoms with Gasteiger partial charge in [-0.25, -0.2) is 0 Å². The minimum absolute atomic E-state index is 0.0928. The summed E-state index contributed by atoms with van der Waals surface area (Å²) in [4.78, 5) is 22.9. The van der Waals surface area contributed by atoms with Crippen LogP contribution in [0.4, 0.5) is 11.4 Å². The number of rotatable bonds is 5. The number of aromatic nitrogens is 1. The van der Waals surface area contributed by atoms with Gasteiger partial charge in [-0.05, 0) is 49.8 Å². The molecule has 1 heterocycles. The van der Waals surface area contributed by atoms with Gasteiger partial charge in [-0.3, -0.25) is 14.9 Å². The zero-order chi connectivity index (χ0) is 21.0. The maximum Gasteiger partial charge on any atom is 0.271 e. The third-order valence-corrected chi connectivity index (χ3v) is 4.46. The maximum absolute atomic E-state index is 12.5. The Morgan fingerprint density at radius 2 is 1.86 bits per heavy atom. The number of benzene rings is 2. The predicted octanol–water partition coefficient (Wildman–Crippen LogP) is 4.55. The zero-order valence-electron chi connectivity index (χ0n) is 15.9. The number of anilines is 1. The molecule has 1 amide bonds. The highest BCUT2D eigenvalue weighted by molar-refractivity contribution is 6.09. The molecule has 1 aromatic heterocycles. The molecule has 0 fully saturated rings. The van der Waals surface area contributed by atoms with Gasteiger partial charge in [0.1, 0.15) is 11.6 Å². The van der Waals surface area contributed by atoms with Crippen LogP contribution in [0.3, 0.4) is 0 Å². The van der Waals surface area contributed by atoms with E-state index < -0.39 is 10.8 Å². The average Bonchev–Trinajstić information content (AvgIpc) is 2.99. The second-order valence-electron chi connectivity index (χ2n) is 6.43. The van der Waals surface area contributed by atoms with Crippen molar-refractivity contribution >= 4 is 23.4 Å². The van der Waals surface area contributed by atoms with E-state index in [0.717, 1.165) is 22.6 Å². The monoisotopic (exact) mass is 386 g/mol. The predicted molar refractivity (Wildman–Crippen MR) is 111 cm³/mol. The van der Waals surface area contributed by atoms with Gasteiger partial charge in [-0.2, -0.15) is 5.26 Å². The molecule has 3 aromatic rings. The summed E-state index contributed by atoms with van der Waals surface area (Å²) < 4.78 is 2.04. The van der Waals surface area contributed by atoms with E-state index in [4.69, 9.17) is 0 Å². The summed E-state index contributed by atoms with van der Waals surface area (Å²) in [6.07, 6.45) is 1.52. The highest BCUT2D eigenvalue weighted by Gasteiger charge is 2.15. The fraction of sp³-hybridized carbons (Fsp3) is 0.0909. The van der Waals surface area contributed by atoms with Gasteiger partial charge < -0.3 is 9.88 Å². The molecule has 3 rings (SSSR count). The molecule has 0 saturated heterocycles. The lowest BCUT2D eigenvalue weighted by molar-refractivity contribution is -0.384. The second kappa shape index (κ2) is 8.23. The molecule has 1 N–H and O–H groups in total. The lowest BCUT2D eigenvalue weighted by atomic mass is 10.1. The van der Waals surface area contributed by atoms with Crippen LogP contribution in [-0.4, -0.2) is 15.4 Å². The van der Waals surface area contributed by atoms with Crippen molar-refractivity contribution < 1.29 is 9.72 Å². The molecule has 29 heavy (non-hydrogen) atoms. The highest BCUT2D eigenvalue weighted by atomic mass is 16.6. The van der Waals surface area contributed by atoms with Crippen LogP contribution in [-0.2, 0) is 4.79 Å². The molecule has 0 unspecified atom stereocenters. The average molecular weight is 386 g/mol. The molecular weight excluding hydrogens is 368 g/mol. The van der Waals surface area contributed by atoms with Crippen LogP contribution in [0.1, 0.15) is 17.0 Å². The Hall–Kier alpha value is -4.18.